The molecule has 0 fully saturated rings. The number of amides is 1. The van der Waals surface area contributed by atoms with Crippen molar-refractivity contribution in [3.63, 3.8) is 0 Å². The summed E-state index contributed by atoms with van der Waals surface area (Å²) in [5, 5.41) is 13.0. The molecule has 2 N–H and O–H groups in total. The Morgan fingerprint density at radius 3 is 2.17 bits per heavy atom. The van der Waals surface area contributed by atoms with Gasteiger partial charge in [-0.15, -0.1) is 0 Å². The second-order valence-corrected chi connectivity index (χ2v) is 7.55. The number of benzene rings is 3. The number of carbonyl (C=O) groups is 1. The van der Waals surface area contributed by atoms with Crippen molar-refractivity contribution in [1.82, 2.24) is 5.32 Å². The van der Waals surface area contributed by atoms with Gasteiger partial charge in [0, 0.05) is 10.9 Å². The molecule has 0 aliphatic heterocycles. The number of aliphatic hydroxyl groups is 1. The Bertz CT molecular complexity index is 975. The van der Waals surface area contributed by atoms with Crippen molar-refractivity contribution in [2.45, 2.75) is 18.4 Å². The van der Waals surface area contributed by atoms with Crippen molar-refractivity contribution in [3.05, 3.63) is 94.5 Å². The minimum atomic E-state index is -0.544. The summed E-state index contributed by atoms with van der Waals surface area (Å²) in [5.41, 5.74) is 5.56. The number of fused-ring (bicyclic) bond motifs is 3. The van der Waals surface area contributed by atoms with Crippen molar-refractivity contribution < 1.29 is 14.6 Å². The van der Waals surface area contributed by atoms with Crippen molar-refractivity contribution in [2.75, 3.05) is 13.2 Å². The third-order valence-electron chi connectivity index (χ3n) is 5.31. The first kappa shape index (κ1) is 19.5. The average Bonchev–Trinajstić information content (AvgIpc) is 3.07. The maximum absolute atomic E-state index is 12.4. The third kappa shape index (κ3) is 4.14. The zero-order chi connectivity index (χ0) is 20.2. The number of carbonyl (C=O) groups excluding carboxylic acids is 1. The number of alkyl carbamates (subject to hydrolysis) is 1. The van der Waals surface area contributed by atoms with Crippen LogP contribution >= 0.6 is 11.6 Å². The van der Waals surface area contributed by atoms with Crippen LogP contribution in [0.2, 0.25) is 5.02 Å². The second-order valence-electron chi connectivity index (χ2n) is 7.14. The quantitative estimate of drug-likeness (QED) is 0.618. The molecule has 1 unspecified atom stereocenters. The number of ether oxygens (including phenoxy) is 1. The zero-order valence-electron chi connectivity index (χ0n) is 15.8. The van der Waals surface area contributed by atoms with Crippen molar-refractivity contribution in [3.8, 4) is 11.1 Å². The molecule has 3 aromatic carbocycles. The van der Waals surface area contributed by atoms with E-state index >= 15 is 0 Å². The maximum Gasteiger partial charge on any atom is 0.407 e. The molecular formula is C24H22ClNO3. The van der Waals surface area contributed by atoms with Crippen LogP contribution in [-0.2, 0) is 11.2 Å². The molecule has 1 aliphatic rings. The highest BCUT2D eigenvalue weighted by atomic mass is 35.5. The molecule has 1 amide bonds. The Morgan fingerprint density at radius 1 is 0.966 bits per heavy atom. The smallest absolute Gasteiger partial charge is 0.407 e. The lowest BCUT2D eigenvalue weighted by atomic mass is 9.98. The molecule has 3 aromatic rings. The van der Waals surface area contributed by atoms with Gasteiger partial charge in [0.25, 0.3) is 0 Å². The lowest BCUT2D eigenvalue weighted by molar-refractivity contribution is 0.132. The van der Waals surface area contributed by atoms with Crippen LogP contribution in [0.4, 0.5) is 4.79 Å². The average molecular weight is 408 g/mol. The number of halogens is 1. The standard InChI is InChI=1S/C24H22ClNO3/c25-23-12-6-1-7-16(23)13-17(14-27)26-24(28)29-15-22-20-10-4-2-8-18(20)19-9-3-5-11-21(19)22/h1-12,17,22,27H,13-15H2,(H,26,28). The zero-order valence-corrected chi connectivity index (χ0v) is 16.6. The Balaban J connectivity index is 1.41. The van der Waals surface area contributed by atoms with Crippen LogP contribution in [0.5, 0.6) is 0 Å². The van der Waals surface area contributed by atoms with Crippen molar-refractivity contribution in [1.29, 1.82) is 0 Å². The summed E-state index contributed by atoms with van der Waals surface area (Å²) in [6, 6.07) is 23.3. The van der Waals surface area contributed by atoms with Crippen molar-refractivity contribution >= 4 is 17.7 Å². The predicted octanol–water partition coefficient (Wildman–Crippen LogP) is 4.78. The van der Waals surface area contributed by atoms with E-state index in [0.717, 1.165) is 16.7 Å². The van der Waals surface area contributed by atoms with Crippen LogP contribution in [-0.4, -0.2) is 30.5 Å². The van der Waals surface area contributed by atoms with Gasteiger partial charge in [-0.25, -0.2) is 4.79 Å². The summed E-state index contributed by atoms with van der Waals surface area (Å²) in [7, 11) is 0. The molecule has 0 saturated heterocycles. The van der Waals surface area contributed by atoms with Gasteiger partial charge in [0.05, 0.1) is 12.6 Å². The number of aliphatic hydroxyl groups excluding tert-OH is 1. The van der Waals surface area contributed by atoms with E-state index in [1.807, 2.05) is 42.5 Å². The fraction of sp³-hybridized carbons (Fsp3) is 0.208. The molecule has 4 nitrogen and oxygen atoms in total. The number of hydrogen-bond acceptors (Lipinski definition) is 3. The van der Waals surface area contributed by atoms with Crippen LogP contribution in [0, 0.1) is 0 Å². The van der Waals surface area contributed by atoms with Gasteiger partial charge >= 0.3 is 6.09 Å². The molecule has 0 radical (unpaired) electrons. The van der Waals surface area contributed by atoms with Crippen LogP contribution in [0.1, 0.15) is 22.6 Å². The van der Waals surface area contributed by atoms with E-state index in [4.69, 9.17) is 16.3 Å². The minimum Gasteiger partial charge on any atom is -0.449 e. The van der Waals surface area contributed by atoms with Gasteiger partial charge in [-0.05, 0) is 40.3 Å². The van der Waals surface area contributed by atoms with Crippen LogP contribution in [0.25, 0.3) is 11.1 Å². The van der Waals surface area contributed by atoms with Gasteiger partial charge in [-0.3, -0.25) is 0 Å². The molecule has 148 valence electrons. The summed E-state index contributed by atoms with van der Waals surface area (Å²) in [6.07, 6.45) is -0.113. The molecule has 29 heavy (non-hydrogen) atoms. The molecular weight excluding hydrogens is 386 g/mol. The molecule has 0 spiro atoms. The summed E-state index contributed by atoms with van der Waals surface area (Å²) in [6.45, 7) is 0.0412. The Labute approximate surface area is 175 Å². The van der Waals surface area contributed by atoms with E-state index in [0.29, 0.717) is 11.4 Å². The lowest BCUT2D eigenvalue weighted by Crippen LogP contribution is -2.39. The first-order valence-electron chi connectivity index (χ1n) is 9.63. The second kappa shape index (κ2) is 8.68. The summed E-state index contributed by atoms with van der Waals surface area (Å²) >= 11 is 6.18. The first-order valence-corrected chi connectivity index (χ1v) is 10.0. The van der Waals surface area contributed by atoms with E-state index in [1.54, 1.807) is 6.07 Å². The van der Waals surface area contributed by atoms with E-state index in [1.165, 1.54) is 11.1 Å². The Morgan fingerprint density at radius 2 is 1.55 bits per heavy atom. The van der Waals surface area contributed by atoms with Gasteiger partial charge in [-0.2, -0.15) is 0 Å². The van der Waals surface area contributed by atoms with Gasteiger partial charge in [0.2, 0.25) is 0 Å². The van der Waals surface area contributed by atoms with Gasteiger partial charge in [0.15, 0.2) is 0 Å². The molecule has 1 aliphatic carbocycles. The van der Waals surface area contributed by atoms with Gasteiger partial charge in [-0.1, -0.05) is 78.3 Å². The lowest BCUT2D eigenvalue weighted by Gasteiger charge is -2.19. The molecule has 1 atom stereocenters. The maximum atomic E-state index is 12.4. The topological polar surface area (TPSA) is 58.6 Å². The highest BCUT2D eigenvalue weighted by Gasteiger charge is 2.29. The fourth-order valence-corrected chi connectivity index (χ4v) is 4.11. The molecule has 0 aromatic heterocycles. The number of nitrogens with one attached hydrogen (secondary N) is 1. The van der Waals surface area contributed by atoms with Crippen molar-refractivity contribution in [2.24, 2.45) is 0 Å². The molecule has 5 heteroatoms. The van der Waals surface area contributed by atoms with E-state index in [2.05, 4.69) is 29.6 Å². The number of rotatable bonds is 6. The highest BCUT2D eigenvalue weighted by molar-refractivity contribution is 6.31. The summed E-state index contributed by atoms with van der Waals surface area (Å²) < 4.78 is 5.55. The molecule has 4 rings (SSSR count). The van der Waals surface area contributed by atoms with E-state index in [9.17, 15) is 9.90 Å². The first-order chi connectivity index (χ1) is 14.2. The molecule has 0 saturated carbocycles. The molecule has 0 bridgehead atoms. The fourth-order valence-electron chi connectivity index (χ4n) is 3.90. The van der Waals surface area contributed by atoms with E-state index < -0.39 is 12.1 Å². The highest BCUT2D eigenvalue weighted by Crippen LogP contribution is 2.44. The number of hydrogen-bond donors (Lipinski definition) is 2. The largest absolute Gasteiger partial charge is 0.449 e. The van der Waals surface area contributed by atoms with E-state index in [-0.39, 0.29) is 19.1 Å². The third-order valence-corrected chi connectivity index (χ3v) is 5.68. The normalized spacial score (nSPS) is 13.4. The summed E-state index contributed by atoms with van der Waals surface area (Å²) in [5.74, 6) is 0.00398. The minimum absolute atomic E-state index is 0.00398. The van der Waals surface area contributed by atoms with Crippen LogP contribution < -0.4 is 5.32 Å². The SMILES string of the molecule is O=C(NC(CO)Cc1ccccc1Cl)OCC1c2ccccc2-c2ccccc21. The van der Waals surface area contributed by atoms with Gasteiger partial charge in [0.1, 0.15) is 6.61 Å². The Kier molecular flexibility index (Phi) is 5.84. The van der Waals surface area contributed by atoms with Gasteiger partial charge < -0.3 is 15.2 Å². The van der Waals surface area contributed by atoms with Crippen LogP contribution in [0.3, 0.4) is 0 Å². The predicted molar refractivity (Wildman–Crippen MR) is 114 cm³/mol. The Hall–Kier alpha value is -2.82. The summed E-state index contributed by atoms with van der Waals surface area (Å²) in [4.78, 5) is 12.4. The van der Waals surface area contributed by atoms with Crippen LogP contribution in [0.15, 0.2) is 72.8 Å². The monoisotopic (exact) mass is 407 g/mol. The molecule has 0 heterocycles.